The normalized spacial score (nSPS) is 10.7. The molecule has 20 heavy (non-hydrogen) atoms. The molecule has 5 heteroatoms. The third kappa shape index (κ3) is 2.03. The van der Waals surface area contributed by atoms with Gasteiger partial charge < -0.3 is 19.0 Å². The predicted octanol–water partition coefficient (Wildman–Crippen LogP) is 3.22. The lowest BCUT2D eigenvalue weighted by atomic mass is 10.2. The quantitative estimate of drug-likeness (QED) is 0.792. The first-order valence-electron chi connectivity index (χ1n) is 6.03. The number of phenolic OH excluding ortho intramolecular Hbond substituents is 1. The van der Waals surface area contributed by atoms with Crippen molar-refractivity contribution in [2.45, 2.75) is 0 Å². The number of nitrogens with zero attached hydrogens (tertiary/aromatic N) is 1. The van der Waals surface area contributed by atoms with Crippen LogP contribution in [0.4, 0.5) is 0 Å². The third-order valence-corrected chi connectivity index (χ3v) is 3.00. The first-order chi connectivity index (χ1) is 9.71. The predicted molar refractivity (Wildman–Crippen MR) is 74.2 cm³/mol. The van der Waals surface area contributed by atoms with Gasteiger partial charge in [-0.1, -0.05) is 0 Å². The molecular weight excluding hydrogens is 258 g/mol. The van der Waals surface area contributed by atoms with E-state index in [-0.39, 0.29) is 5.75 Å². The molecule has 3 aromatic rings. The number of hydrogen-bond donors (Lipinski definition) is 1. The molecule has 5 nitrogen and oxygen atoms in total. The number of aromatic nitrogens is 1. The lowest BCUT2D eigenvalue weighted by Crippen LogP contribution is -1.90. The largest absolute Gasteiger partial charge is 0.508 e. The number of rotatable bonds is 3. The molecule has 0 fully saturated rings. The third-order valence-electron chi connectivity index (χ3n) is 3.00. The van der Waals surface area contributed by atoms with Crippen molar-refractivity contribution in [2.75, 3.05) is 14.2 Å². The van der Waals surface area contributed by atoms with Gasteiger partial charge in [0.25, 0.3) is 0 Å². The summed E-state index contributed by atoms with van der Waals surface area (Å²) in [5, 5.41) is 9.44. The second-order valence-corrected chi connectivity index (χ2v) is 4.24. The van der Waals surface area contributed by atoms with Gasteiger partial charge in [0.15, 0.2) is 17.1 Å². The molecule has 1 heterocycles. The Morgan fingerprint density at radius 2 is 1.80 bits per heavy atom. The molecule has 0 aliphatic heterocycles. The van der Waals surface area contributed by atoms with Gasteiger partial charge in [-0.3, -0.25) is 0 Å². The van der Waals surface area contributed by atoms with Crippen LogP contribution in [0.15, 0.2) is 40.8 Å². The highest BCUT2D eigenvalue weighted by atomic mass is 16.5. The van der Waals surface area contributed by atoms with Gasteiger partial charge in [0.1, 0.15) is 11.3 Å². The first kappa shape index (κ1) is 12.3. The van der Waals surface area contributed by atoms with Gasteiger partial charge in [0.05, 0.1) is 14.2 Å². The molecular formula is C15H13NO4. The molecule has 102 valence electrons. The second kappa shape index (κ2) is 4.77. The Morgan fingerprint density at radius 3 is 2.55 bits per heavy atom. The van der Waals surface area contributed by atoms with Crippen LogP contribution >= 0.6 is 0 Å². The summed E-state index contributed by atoms with van der Waals surface area (Å²) in [5.74, 6) is 1.87. The summed E-state index contributed by atoms with van der Waals surface area (Å²) in [5.41, 5.74) is 2.00. The Hall–Kier alpha value is -2.69. The van der Waals surface area contributed by atoms with Gasteiger partial charge >= 0.3 is 0 Å². The van der Waals surface area contributed by atoms with E-state index < -0.39 is 0 Å². The van der Waals surface area contributed by atoms with Crippen LogP contribution in [-0.4, -0.2) is 24.3 Å². The number of benzene rings is 2. The van der Waals surface area contributed by atoms with Crippen molar-refractivity contribution in [2.24, 2.45) is 0 Å². The Balaban J connectivity index is 2.10. The Labute approximate surface area is 115 Å². The van der Waals surface area contributed by atoms with Gasteiger partial charge in [-0.05, 0) is 30.3 Å². The monoisotopic (exact) mass is 271 g/mol. The molecule has 0 saturated heterocycles. The van der Waals surface area contributed by atoms with E-state index in [1.165, 1.54) is 0 Å². The number of phenols is 1. The van der Waals surface area contributed by atoms with Crippen LogP contribution < -0.4 is 9.47 Å². The van der Waals surface area contributed by atoms with Crippen LogP contribution in [0.1, 0.15) is 0 Å². The van der Waals surface area contributed by atoms with Crippen molar-refractivity contribution in [1.29, 1.82) is 0 Å². The van der Waals surface area contributed by atoms with E-state index in [1.54, 1.807) is 44.6 Å². The van der Waals surface area contributed by atoms with Crippen molar-refractivity contribution >= 4 is 11.1 Å². The Kier molecular flexibility index (Phi) is 2.95. The highest BCUT2D eigenvalue weighted by molar-refractivity contribution is 5.78. The molecule has 0 amide bonds. The molecule has 2 aromatic carbocycles. The van der Waals surface area contributed by atoms with E-state index in [4.69, 9.17) is 13.9 Å². The van der Waals surface area contributed by atoms with Crippen LogP contribution in [0.5, 0.6) is 17.2 Å². The van der Waals surface area contributed by atoms with E-state index in [2.05, 4.69) is 4.98 Å². The van der Waals surface area contributed by atoms with Gasteiger partial charge in [-0.2, -0.15) is 0 Å². The second-order valence-electron chi connectivity index (χ2n) is 4.24. The number of methoxy groups -OCH3 is 2. The fourth-order valence-electron chi connectivity index (χ4n) is 2.01. The van der Waals surface area contributed by atoms with Gasteiger partial charge in [0.2, 0.25) is 5.89 Å². The maximum atomic E-state index is 9.44. The summed E-state index contributed by atoms with van der Waals surface area (Å²) in [4.78, 5) is 4.35. The highest BCUT2D eigenvalue weighted by Gasteiger charge is 2.12. The molecule has 0 saturated carbocycles. The molecule has 0 spiro atoms. The molecule has 1 aromatic heterocycles. The van der Waals surface area contributed by atoms with Crippen molar-refractivity contribution < 1.29 is 19.0 Å². The number of aromatic hydroxyl groups is 1. The number of hydrogen-bond acceptors (Lipinski definition) is 5. The first-order valence-corrected chi connectivity index (χ1v) is 6.03. The van der Waals surface area contributed by atoms with E-state index in [0.29, 0.717) is 28.5 Å². The average molecular weight is 271 g/mol. The van der Waals surface area contributed by atoms with Crippen LogP contribution in [0, 0.1) is 0 Å². The van der Waals surface area contributed by atoms with Gasteiger partial charge in [-0.15, -0.1) is 0 Å². The lowest BCUT2D eigenvalue weighted by molar-refractivity contribution is 0.355. The number of oxazole rings is 1. The van der Waals surface area contributed by atoms with E-state index in [9.17, 15) is 5.11 Å². The Morgan fingerprint density at radius 1 is 1.00 bits per heavy atom. The molecule has 3 rings (SSSR count). The minimum absolute atomic E-state index is 0.157. The van der Waals surface area contributed by atoms with Gasteiger partial charge in [0, 0.05) is 11.6 Å². The standard InChI is InChI=1S/C15H13NO4/c1-18-13-5-3-9(7-14(13)19-2)15-16-11-8-10(17)4-6-12(11)20-15/h3-8,17H,1-2H3. The minimum atomic E-state index is 0.157. The Bertz CT molecular complexity index is 764. The van der Waals surface area contributed by atoms with E-state index in [1.807, 2.05) is 6.07 Å². The molecule has 0 unspecified atom stereocenters. The zero-order chi connectivity index (χ0) is 14.1. The topological polar surface area (TPSA) is 64.7 Å². The fraction of sp³-hybridized carbons (Fsp3) is 0.133. The van der Waals surface area contributed by atoms with Crippen LogP contribution in [0.3, 0.4) is 0 Å². The molecule has 1 N–H and O–H groups in total. The summed E-state index contributed by atoms with van der Waals surface area (Å²) >= 11 is 0. The van der Waals surface area contributed by atoms with Crippen molar-refractivity contribution in [3.05, 3.63) is 36.4 Å². The molecule has 0 aliphatic carbocycles. The lowest BCUT2D eigenvalue weighted by Gasteiger charge is -2.07. The maximum Gasteiger partial charge on any atom is 0.227 e. The van der Waals surface area contributed by atoms with Crippen LogP contribution in [-0.2, 0) is 0 Å². The number of ether oxygens (including phenoxy) is 2. The maximum absolute atomic E-state index is 9.44. The van der Waals surface area contributed by atoms with Crippen LogP contribution in [0.2, 0.25) is 0 Å². The van der Waals surface area contributed by atoms with Crippen molar-refractivity contribution in [3.63, 3.8) is 0 Å². The molecule has 0 atom stereocenters. The smallest absolute Gasteiger partial charge is 0.227 e. The SMILES string of the molecule is COc1ccc(-c2nc3cc(O)ccc3o2)cc1OC. The minimum Gasteiger partial charge on any atom is -0.508 e. The van der Waals surface area contributed by atoms with E-state index >= 15 is 0 Å². The average Bonchev–Trinajstić information content (AvgIpc) is 2.89. The van der Waals surface area contributed by atoms with Crippen molar-refractivity contribution in [3.8, 4) is 28.7 Å². The molecule has 0 radical (unpaired) electrons. The summed E-state index contributed by atoms with van der Waals surface area (Å²) in [7, 11) is 3.16. The molecule has 0 bridgehead atoms. The summed E-state index contributed by atoms with van der Waals surface area (Å²) < 4.78 is 16.1. The number of fused-ring (bicyclic) bond motifs is 1. The van der Waals surface area contributed by atoms with E-state index in [0.717, 1.165) is 5.56 Å². The highest BCUT2D eigenvalue weighted by Crippen LogP contribution is 2.33. The summed E-state index contributed by atoms with van der Waals surface area (Å²) in [6.07, 6.45) is 0. The summed E-state index contributed by atoms with van der Waals surface area (Å²) in [6, 6.07) is 10.2. The zero-order valence-corrected chi connectivity index (χ0v) is 11.1. The summed E-state index contributed by atoms with van der Waals surface area (Å²) in [6.45, 7) is 0. The fourth-order valence-corrected chi connectivity index (χ4v) is 2.01. The van der Waals surface area contributed by atoms with Gasteiger partial charge in [-0.25, -0.2) is 4.98 Å². The zero-order valence-electron chi connectivity index (χ0n) is 11.1. The molecule has 0 aliphatic rings. The van der Waals surface area contributed by atoms with Crippen molar-refractivity contribution in [1.82, 2.24) is 4.98 Å². The van der Waals surface area contributed by atoms with Crippen LogP contribution in [0.25, 0.3) is 22.6 Å².